The quantitative estimate of drug-likeness (QED) is 0.914. The van der Waals surface area contributed by atoms with Gasteiger partial charge in [0.2, 0.25) is 0 Å². The zero-order valence-corrected chi connectivity index (χ0v) is 10.8. The van der Waals surface area contributed by atoms with Crippen molar-refractivity contribution in [2.75, 3.05) is 0 Å². The van der Waals surface area contributed by atoms with E-state index < -0.39 is 17.6 Å². The second-order valence-corrected chi connectivity index (χ2v) is 5.40. The molecule has 106 valence electrons. The van der Waals surface area contributed by atoms with Gasteiger partial charge in [-0.2, -0.15) is 13.2 Å². The number of nitrogens with zero attached hydrogens (tertiary/aromatic N) is 2. The lowest BCUT2D eigenvalue weighted by atomic mass is 10.2. The largest absolute Gasteiger partial charge is 0.411 e. The summed E-state index contributed by atoms with van der Waals surface area (Å²) in [6, 6.07) is 0. The average Bonchev–Trinajstić information content (AvgIpc) is 2.85. The maximum Gasteiger partial charge on any atom is 0.411 e. The molecule has 0 bridgehead atoms. The van der Waals surface area contributed by atoms with Crippen LogP contribution in [0.3, 0.4) is 0 Å². The zero-order chi connectivity index (χ0) is 14.4. The first-order chi connectivity index (χ1) is 9.41. The smallest absolute Gasteiger partial charge is 0.343 e. The average molecular weight is 302 g/mol. The van der Waals surface area contributed by atoms with Crippen LogP contribution in [0.15, 0.2) is 17.9 Å². The minimum atomic E-state index is -4.43. The van der Waals surface area contributed by atoms with Gasteiger partial charge in [-0.3, -0.25) is 4.79 Å². The van der Waals surface area contributed by atoms with E-state index in [0.717, 1.165) is 0 Å². The minimum absolute atomic E-state index is 0.0184. The number of hydrogen-bond acceptors (Lipinski definition) is 4. The summed E-state index contributed by atoms with van der Waals surface area (Å²) in [6.07, 6.45) is -1.61. The molecule has 3 rings (SSSR count). The summed E-state index contributed by atoms with van der Waals surface area (Å²) in [6.45, 7) is 0. The molecule has 0 radical (unpaired) electrons. The van der Waals surface area contributed by atoms with E-state index in [4.69, 9.17) is 0 Å². The number of imidazole rings is 1. The third-order valence-corrected chi connectivity index (χ3v) is 3.99. The first-order valence-corrected chi connectivity index (χ1v) is 6.63. The fourth-order valence-electron chi connectivity index (χ4n) is 1.76. The molecule has 0 aliphatic heterocycles. The van der Waals surface area contributed by atoms with Gasteiger partial charge in [0.25, 0.3) is 5.91 Å². The highest BCUT2D eigenvalue weighted by atomic mass is 32.1. The zero-order valence-electron chi connectivity index (χ0n) is 9.99. The van der Waals surface area contributed by atoms with Crippen molar-refractivity contribution >= 4 is 17.2 Å². The molecule has 5 nitrogen and oxygen atoms in total. The predicted octanol–water partition coefficient (Wildman–Crippen LogP) is 2.36. The summed E-state index contributed by atoms with van der Waals surface area (Å²) in [5.74, 6) is -0.804. The first-order valence-electron chi connectivity index (χ1n) is 5.75. The number of aromatic amines is 1. The normalized spacial score (nSPS) is 16.9. The Hall–Kier alpha value is -1.90. The molecular formula is C11H9F3N4OS. The summed E-state index contributed by atoms with van der Waals surface area (Å²) in [5.41, 5.74) is -1.47. The van der Waals surface area contributed by atoms with E-state index in [1.54, 1.807) is 0 Å². The van der Waals surface area contributed by atoms with Gasteiger partial charge >= 0.3 is 6.18 Å². The Bertz CT molecular complexity index is 630. The lowest BCUT2D eigenvalue weighted by Gasteiger charge is -2.19. The number of amides is 1. The fraction of sp³-hybridized carbons (Fsp3) is 0.364. The monoisotopic (exact) mass is 302 g/mol. The Balaban J connectivity index is 1.76. The van der Waals surface area contributed by atoms with Crippen LogP contribution >= 0.6 is 11.3 Å². The molecule has 1 aliphatic rings. The van der Waals surface area contributed by atoms with Gasteiger partial charge in [0.05, 0.1) is 18.2 Å². The summed E-state index contributed by atoms with van der Waals surface area (Å²) in [7, 11) is 0. The lowest BCUT2D eigenvalue weighted by Crippen LogP contribution is -2.47. The second kappa shape index (κ2) is 4.30. The number of thiazole rings is 1. The van der Waals surface area contributed by atoms with Gasteiger partial charge in [0.1, 0.15) is 16.2 Å². The molecule has 2 aromatic heterocycles. The van der Waals surface area contributed by atoms with Crippen LogP contribution in [0.5, 0.6) is 0 Å². The molecule has 1 amide bonds. The molecule has 0 unspecified atom stereocenters. The van der Waals surface area contributed by atoms with E-state index in [1.807, 2.05) is 5.32 Å². The van der Waals surface area contributed by atoms with Gasteiger partial charge in [-0.25, -0.2) is 9.97 Å². The minimum Gasteiger partial charge on any atom is -0.343 e. The molecule has 9 heteroatoms. The predicted molar refractivity (Wildman–Crippen MR) is 65.2 cm³/mol. The van der Waals surface area contributed by atoms with Crippen LogP contribution < -0.4 is 5.32 Å². The van der Waals surface area contributed by atoms with Crippen molar-refractivity contribution in [3.8, 4) is 10.7 Å². The molecule has 2 aromatic rings. The van der Waals surface area contributed by atoms with E-state index in [-0.39, 0.29) is 18.5 Å². The number of carbonyl (C=O) groups is 1. The Morgan fingerprint density at radius 2 is 2.20 bits per heavy atom. The number of aromatic nitrogens is 3. The lowest BCUT2D eigenvalue weighted by molar-refractivity contribution is -0.163. The van der Waals surface area contributed by atoms with Gasteiger partial charge < -0.3 is 10.3 Å². The van der Waals surface area contributed by atoms with Crippen molar-refractivity contribution in [3.05, 3.63) is 23.6 Å². The Kier molecular flexibility index (Phi) is 2.82. The number of halogens is 3. The summed E-state index contributed by atoms with van der Waals surface area (Å²) >= 11 is 1.17. The van der Waals surface area contributed by atoms with Crippen LogP contribution in [0, 0.1) is 0 Å². The van der Waals surface area contributed by atoms with Crippen LogP contribution in [0.4, 0.5) is 13.2 Å². The highest BCUT2D eigenvalue weighted by molar-refractivity contribution is 7.13. The Morgan fingerprint density at radius 3 is 2.75 bits per heavy atom. The second-order valence-electron chi connectivity index (χ2n) is 4.54. The Labute approximate surface area is 115 Å². The number of nitrogens with one attached hydrogen (secondary N) is 2. The maximum absolute atomic E-state index is 12.8. The van der Waals surface area contributed by atoms with Crippen LogP contribution in [0.2, 0.25) is 0 Å². The van der Waals surface area contributed by atoms with E-state index in [2.05, 4.69) is 15.0 Å². The van der Waals surface area contributed by atoms with Gasteiger partial charge in [-0.15, -0.1) is 11.3 Å². The molecule has 1 aliphatic carbocycles. The van der Waals surface area contributed by atoms with Gasteiger partial charge in [-0.1, -0.05) is 0 Å². The van der Waals surface area contributed by atoms with Crippen LogP contribution in [-0.4, -0.2) is 32.6 Å². The number of alkyl halides is 3. The number of H-pyrrole nitrogens is 1. The molecular weight excluding hydrogens is 293 g/mol. The van der Waals surface area contributed by atoms with Crippen molar-refractivity contribution in [1.29, 1.82) is 0 Å². The molecule has 2 heterocycles. The van der Waals surface area contributed by atoms with Crippen molar-refractivity contribution in [3.63, 3.8) is 0 Å². The highest BCUT2D eigenvalue weighted by Crippen LogP contribution is 2.49. The van der Waals surface area contributed by atoms with Crippen molar-refractivity contribution in [2.24, 2.45) is 0 Å². The van der Waals surface area contributed by atoms with Crippen LogP contribution in [0.1, 0.15) is 23.3 Å². The highest BCUT2D eigenvalue weighted by Gasteiger charge is 2.64. The van der Waals surface area contributed by atoms with Crippen LogP contribution in [0.25, 0.3) is 10.7 Å². The maximum atomic E-state index is 12.8. The summed E-state index contributed by atoms with van der Waals surface area (Å²) in [4.78, 5) is 22.5. The number of hydrogen-bond donors (Lipinski definition) is 2. The molecule has 0 aromatic carbocycles. The molecule has 0 saturated heterocycles. The molecule has 20 heavy (non-hydrogen) atoms. The molecule has 2 N–H and O–H groups in total. The third kappa shape index (κ3) is 2.17. The first kappa shape index (κ1) is 13.1. The number of carbonyl (C=O) groups excluding carboxylic acids is 1. The standard InChI is InChI=1S/C11H9F3N4OS/c12-11(13,14)10(1-2-10)18-8(19)7-4-20-9(17-7)6-3-15-5-16-6/h3-5H,1-2H2,(H,15,16)(H,18,19). The van der Waals surface area contributed by atoms with Gasteiger partial charge in [0.15, 0.2) is 0 Å². The number of rotatable bonds is 3. The van der Waals surface area contributed by atoms with E-state index in [0.29, 0.717) is 10.7 Å². The van der Waals surface area contributed by atoms with Gasteiger partial charge in [0, 0.05) is 5.38 Å². The molecule has 1 fully saturated rings. The SMILES string of the molecule is O=C(NC1(C(F)(F)F)CC1)c1csc(-c2cnc[nH]2)n1. The topological polar surface area (TPSA) is 70.7 Å². The Morgan fingerprint density at radius 1 is 1.45 bits per heavy atom. The van der Waals surface area contributed by atoms with E-state index >= 15 is 0 Å². The molecule has 1 saturated carbocycles. The van der Waals surface area contributed by atoms with Gasteiger partial charge in [-0.05, 0) is 12.8 Å². The third-order valence-electron chi connectivity index (χ3n) is 3.11. The van der Waals surface area contributed by atoms with Crippen LogP contribution in [-0.2, 0) is 0 Å². The fourth-order valence-corrected chi connectivity index (χ4v) is 2.53. The van der Waals surface area contributed by atoms with Crippen molar-refractivity contribution in [1.82, 2.24) is 20.3 Å². The van der Waals surface area contributed by atoms with Crippen molar-refractivity contribution in [2.45, 2.75) is 24.6 Å². The summed E-state index contributed by atoms with van der Waals surface area (Å²) < 4.78 is 38.3. The molecule has 0 spiro atoms. The summed E-state index contributed by atoms with van der Waals surface area (Å²) in [5, 5.41) is 3.97. The van der Waals surface area contributed by atoms with E-state index in [1.165, 1.54) is 29.2 Å². The molecule has 0 atom stereocenters. The van der Waals surface area contributed by atoms with E-state index in [9.17, 15) is 18.0 Å². The van der Waals surface area contributed by atoms with Crippen molar-refractivity contribution < 1.29 is 18.0 Å².